The van der Waals surface area contributed by atoms with Gasteiger partial charge in [0.1, 0.15) is 22.7 Å². The largest absolute Gasteiger partial charge is 0.358 e. The molecule has 0 amide bonds. The molecule has 0 unspecified atom stereocenters. The molecule has 0 aliphatic rings. The van der Waals surface area contributed by atoms with Gasteiger partial charge in [0.15, 0.2) is 5.82 Å². The Kier molecular flexibility index (Phi) is 5.88. The molecule has 0 aliphatic heterocycles. The van der Waals surface area contributed by atoms with Crippen LogP contribution in [0.3, 0.4) is 0 Å². The zero-order valence-electron chi connectivity index (χ0n) is 21.0. The van der Waals surface area contributed by atoms with Crippen molar-refractivity contribution in [2.45, 2.75) is 20.3 Å². The SMILES string of the molecule is C=C(CC(C)C)Nc1cncc(-c2cc3c(-c4nc5c(-c6ccccn6)nccc5[nH]4)n[nH]c3cc2F)c1. The predicted molar refractivity (Wildman–Crippen MR) is 148 cm³/mol. The van der Waals surface area contributed by atoms with E-state index in [2.05, 4.69) is 55.9 Å². The monoisotopic (exact) mass is 504 g/mol. The van der Waals surface area contributed by atoms with E-state index in [0.29, 0.717) is 45.3 Å². The highest BCUT2D eigenvalue weighted by Gasteiger charge is 2.18. The van der Waals surface area contributed by atoms with Crippen molar-refractivity contribution in [3.63, 3.8) is 0 Å². The maximum Gasteiger partial charge on any atom is 0.159 e. The lowest BCUT2D eigenvalue weighted by Crippen LogP contribution is -2.02. The zero-order valence-corrected chi connectivity index (χ0v) is 21.0. The van der Waals surface area contributed by atoms with Gasteiger partial charge in [-0.2, -0.15) is 5.10 Å². The Balaban J connectivity index is 1.41. The van der Waals surface area contributed by atoms with Gasteiger partial charge >= 0.3 is 0 Å². The van der Waals surface area contributed by atoms with E-state index in [4.69, 9.17) is 4.98 Å². The minimum atomic E-state index is -0.376. The van der Waals surface area contributed by atoms with Crippen LogP contribution in [0.5, 0.6) is 0 Å². The maximum absolute atomic E-state index is 15.2. The van der Waals surface area contributed by atoms with Gasteiger partial charge in [-0.3, -0.25) is 20.1 Å². The van der Waals surface area contributed by atoms with Gasteiger partial charge in [-0.15, -0.1) is 0 Å². The van der Waals surface area contributed by atoms with Crippen LogP contribution in [0.2, 0.25) is 0 Å². The van der Waals surface area contributed by atoms with E-state index in [-0.39, 0.29) is 5.82 Å². The molecule has 0 saturated carbocycles. The second-order valence-corrected chi connectivity index (χ2v) is 9.59. The number of halogens is 1. The molecule has 6 aromatic rings. The summed E-state index contributed by atoms with van der Waals surface area (Å²) in [5.41, 5.74) is 6.74. The number of allylic oxidation sites excluding steroid dienone is 1. The fourth-order valence-corrected chi connectivity index (χ4v) is 4.58. The smallest absolute Gasteiger partial charge is 0.159 e. The number of fused-ring (bicyclic) bond motifs is 2. The van der Waals surface area contributed by atoms with E-state index in [1.807, 2.05) is 30.3 Å². The fraction of sp³-hybridized carbons (Fsp3) is 0.138. The number of nitrogens with zero attached hydrogens (tertiary/aromatic N) is 5. The first-order chi connectivity index (χ1) is 18.5. The van der Waals surface area contributed by atoms with Crippen molar-refractivity contribution in [1.29, 1.82) is 0 Å². The lowest BCUT2D eigenvalue weighted by atomic mass is 10.0. The van der Waals surface area contributed by atoms with Gasteiger partial charge in [-0.1, -0.05) is 26.5 Å². The molecule has 0 spiro atoms. The maximum atomic E-state index is 15.2. The van der Waals surface area contributed by atoms with Crippen molar-refractivity contribution in [2.24, 2.45) is 5.92 Å². The number of aromatic amines is 2. The van der Waals surface area contributed by atoms with Crippen LogP contribution in [0.4, 0.5) is 10.1 Å². The van der Waals surface area contributed by atoms with Gasteiger partial charge in [0.05, 0.1) is 28.6 Å². The quantitative estimate of drug-likeness (QED) is 0.222. The van der Waals surface area contributed by atoms with Gasteiger partial charge in [0.25, 0.3) is 0 Å². The molecule has 188 valence electrons. The predicted octanol–water partition coefficient (Wildman–Crippen LogP) is 6.74. The summed E-state index contributed by atoms with van der Waals surface area (Å²) in [6.45, 7) is 8.35. The van der Waals surface area contributed by atoms with Gasteiger partial charge in [-0.05, 0) is 42.7 Å². The first kappa shape index (κ1) is 23.5. The Morgan fingerprint density at radius 2 is 1.92 bits per heavy atom. The summed E-state index contributed by atoms with van der Waals surface area (Å²) in [6, 6.07) is 12.6. The molecule has 0 saturated heterocycles. The molecule has 9 heteroatoms. The van der Waals surface area contributed by atoms with Gasteiger partial charge in [0, 0.05) is 46.9 Å². The third kappa shape index (κ3) is 4.39. The minimum Gasteiger partial charge on any atom is -0.358 e. The van der Waals surface area contributed by atoms with Crippen LogP contribution in [-0.4, -0.2) is 35.1 Å². The van der Waals surface area contributed by atoms with Crippen molar-refractivity contribution in [3.05, 3.63) is 85.3 Å². The normalized spacial score (nSPS) is 11.5. The topological polar surface area (TPSA) is 108 Å². The number of imidazole rings is 1. The van der Waals surface area contributed by atoms with Crippen LogP contribution in [0.1, 0.15) is 20.3 Å². The number of nitrogens with one attached hydrogen (secondary N) is 3. The molecule has 38 heavy (non-hydrogen) atoms. The van der Waals surface area contributed by atoms with Gasteiger partial charge in [0.2, 0.25) is 0 Å². The minimum absolute atomic E-state index is 0.376. The Bertz CT molecular complexity index is 1790. The number of pyridine rings is 3. The molecule has 1 aromatic carbocycles. The van der Waals surface area contributed by atoms with E-state index >= 15 is 4.39 Å². The summed E-state index contributed by atoms with van der Waals surface area (Å²) in [5.74, 6) is 0.644. The van der Waals surface area contributed by atoms with E-state index in [1.165, 1.54) is 6.07 Å². The van der Waals surface area contributed by atoms with Crippen molar-refractivity contribution in [3.8, 4) is 34.0 Å². The first-order valence-corrected chi connectivity index (χ1v) is 12.3. The lowest BCUT2D eigenvalue weighted by molar-refractivity contribution is 0.632. The van der Waals surface area contributed by atoms with Crippen LogP contribution in [-0.2, 0) is 0 Å². The molecular formula is C29H25FN8. The van der Waals surface area contributed by atoms with Crippen molar-refractivity contribution in [2.75, 3.05) is 5.32 Å². The first-order valence-electron chi connectivity index (χ1n) is 12.3. The fourth-order valence-electron chi connectivity index (χ4n) is 4.58. The molecular weight excluding hydrogens is 479 g/mol. The van der Waals surface area contributed by atoms with E-state index in [9.17, 15) is 0 Å². The summed E-state index contributed by atoms with van der Waals surface area (Å²) >= 11 is 0. The van der Waals surface area contributed by atoms with E-state index < -0.39 is 0 Å². The second-order valence-electron chi connectivity index (χ2n) is 9.59. The number of rotatable bonds is 7. The molecule has 0 aliphatic carbocycles. The highest BCUT2D eigenvalue weighted by atomic mass is 19.1. The molecule has 0 bridgehead atoms. The number of benzene rings is 1. The van der Waals surface area contributed by atoms with Gasteiger partial charge < -0.3 is 10.3 Å². The number of aromatic nitrogens is 7. The molecule has 6 rings (SSSR count). The third-order valence-corrected chi connectivity index (χ3v) is 6.21. The average molecular weight is 505 g/mol. The highest BCUT2D eigenvalue weighted by molar-refractivity contribution is 5.97. The summed E-state index contributed by atoms with van der Waals surface area (Å²) in [6.07, 6.45) is 7.62. The highest BCUT2D eigenvalue weighted by Crippen LogP contribution is 2.34. The lowest BCUT2D eigenvalue weighted by Gasteiger charge is -2.12. The van der Waals surface area contributed by atoms with Gasteiger partial charge in [-0.25, -0.2) is 9.37 Å². The van der Waals surface area contributed by atoms with Crippen LogP contribution in [0.25, 0.3) is 56.0 Å². The van der Waals surface area contributed by atoms with Crippen LogP contribution >= 0.6 is 0 Å². The Morgan fingerprint density at radius 3 is 2.74 bits per heavy atom. The van der Waals surface area contributed by atoms with Crippen LogP contribution in [0.15, 0.2) is 79.5 Å². The standard InChI is InChI=1S/C29H25FN8/c1-16(2)10-17(3)34-19-11-18(14-31-15-19)20-12-21-25(13-22(20)30)37-38-26(21)29-35-24-7-9-33-27(28(24)36-29)23-6-4-5-8-32-23/h4-9,11-16,34H,3,10H2,1-2H3,(H,35,36)(H,37,38). The van der Waals surface area contributed by atoms with E-state index in [1.54, 1.807) is 30.9 Å². The second kappa shape index (κ2) is 9.51. The van der Waals surface area contributed by atoms with Crippen molar-refractivity contribution < 1.29 is 4.39 Å². The Labute approximate surface area is 218 Å². The van der Waals surface area contributed by atoms with Crippen LogP contribution in [0, 0.1) is 11.7 Å². The summed E-state index contributed by atoms with van der Waals surface area (Å²) in [5, 5.41) is 11.4. The molecule has 0 atom stereocenters. The number of anilines is 1. The summed E-state index contributed by atoms with van der Waals surface area (Å²) < 4.78 is 15.2. The molecule has 5 aromatic heterocycles. The summed E-state index contributed by atoms with van der Waals surface area (Å²) in [7, 11) is 0. The molecule has 8 nitrogen and oxygen atoms in total. The average Bonchev–Trinajstić information content (AvgIpc) is 3.52. The number of hydrogen-bond donors (Lipinski definition) is 3. The van der Waals surface area contributed by atoms with Crippen LogP contribution < -0.4 is 5.32 Å². The third-order valence-electron chi connectivity index (χ3n) is 6.21. The molecule has 3 N–H and O–H groups in total. The molecule has 0 radical (unpaired) electrons. The van der Waals surface area contributed by atoms with Crippen molar-refractivity contribution >= 4 is 27.6 Å². The van der Waals surface area contributed by atoms with Crippen molar-refractivity contribution in [1.82, 2.24) is 35.1 Å². The number of hydrogen-bond acceptors (Lipinski definition) is 6. The zero-order chi connectivity index (χ0) is 26.2. The Hall–Kier alpha value is -4.92. The van der Waals surface area contributed by atoms with E-state index in [0.717, 1.165) is 34.4 Å². The molecule has 0 fully saturated rings. The number of H-pyrrole nitrogens is 2. The Morgan fingerprint density at radius 1 is 1.03 bits per heavy atom. The summed E-state index contributed by atoms with van der Waals surface area (Å²) in [4.78, 5) is 21.4. The molecule has 5 heterocycles.